The Bertz CT molecular complexity index is 825. The van der Waals surface area contributed by atoms with Crippen molar-refractivity contribution in [2.45, 2.75) is 110 Å². The van der Waals surface area contributed by atoms with Crippen LogP contribution in [0.4, 0.5) is 0 Å². The molecular formula is C27H47NO6. The van der Waals surface area contributed by atoms with Crippen LogP contribution < -0.4 is 5.56 Å². The van der Waals surface area contributed by atoms with E-state index in [1.807, 2.05) is 0 Å². The third-order valence-electron chi connectivity index (χ3n) is 7.85. The van der Waals surface area contributed by atoms with Gasteiger partial charge in [0, 0.05) is 24.7 Å². The first-order valence-corrected chi connectivity index (χ1v) is 13.0. The minimum Gasteiger partial charge on any atom is -0.507 e. The van der Waals surface area contributed by atoms with Crippen LogP contribution >= 0.6 is 0 Å². The average Bonchev–Trinajstić information content (AvgIpc) is 2.95. The van der Waals surface area contributed by atoms with Crippen LogP contribution in [0.3, 0.4) is 0 Å². The van der Waals surface area contributed by atoms with Crippen molar-refractivity contribution < 1.29 is 25.5 Å². The number of aliphatic hydroxyl groups excluding tert-OH is 4. The lowest BCUT2D eigenvalue weighted by molar-refractivity contribution is -0.0413. The maximum Gasteiger partial charge on any atom is 0.257 e. The van der Waals surface area contributed by atoms with Gasteiger partial charge in [-0.3, -0.25) is 4.79 Å². The second-order valence-electron chi connectivity index (χ2n) is 11.2. The minimum atomic E-state index is -1.52. The van der Waals surface area contributed by atoms with Crippen molar-refractivity contribution >= 4 is 0 Å². The smallest absolute Gasteiger partial charge is 0.257 e. The van der Waals surface area contributed by atoms with Crippen LogP contribution in [0.1, 0.15) is 90.2 Å². The van der Waals surface area contributed by atoms with Gasteiger partial charge in [-0.05, 0) is 55.8 Å². The highest BCUT2D eigenvalue weighted by Crippen LogP contribution is 2.40. The Morgan fingerprint density at radius 3 is 1.88 bits per heavy atom. The van der Waals surface area contributed by atoms with Crippen LogP contribution in [0.15, 0.2) is 11.0 Å². The van der Waals surface area contributed by atoms with Crippen molar-refractivity contribution in [1.82, 2.24) is 4.57 Å². The summed E-state index contributed by atoms with van der Waals surface area (Å²) in [5, 5.41) is 51.4. The van der Waals surface area contributed by atoms with E-state index in [9.17, 15) is 30.3 Å². The van der Waals surface area contributed by atoms with Crippen LogP contribution in [-0.4, -0.2) is 54.5 Å². The summed E-state index contributed by atoms with van der Waals surface area (Å²) in [5.41, 5.74) is 0.103. The van der Waals surface area contributed by atoms with Gasteiger partial charge in [-0.25, -0.2) is 0 Å². The molecule has 1 aliphatic carbocycles. The monoisotopic (exact) mass is 481 g/mol. The zero-order chi connectivity index (χ0) is 25.7. The second kappa shape index (κ2) is 12.5. The van der Waals surface area contributed by atoms with E-state index in [2.05, 4.69) is 34.6 Å². The number of nitrogens with zero attached hydrogens (tertiary/aromatic N) is 1. The molecule has 0 aromatic carbocycles. The molecule has 2 rings (SSSR count). The molecule has 0 bridgehead atoms. The molecule has 8 atom stereocenters. The molecule has 0 radical (unpaired) electrons. The van der Waals surface area contributed by atoms with Crippen molar-refractivity contribution in [2.75, 3.05) is 0 Å². The third-order valence-corrected chi connectivity index (χ3v) is 7.85. The molecule has 7 heteroatoms. The van der Waals surface area contributed by atoms with Crippen molar-refractivity contribution in [1.29, 1.82) is 0 Å². The molecule has 1 aromatic heterocycles. The molecule has 0 spiro atoms. The summed E-state index contributed by atoms with van der Waals surface area (Å²) in [4.78, 5) is 12.7. The molecule has 34 heavy (non-hydrogen) atoms. The lowest BCUT2D eigenvalue weighted by Gasteiger charge is -2.23. The van der Waals surface area contributed by atoms with Gasteiger partial charge >= 0.3 is 0 Å². The predicted octanol–water partition coefficient (Wildman–Crippen LogP) is 3.08. The maximum absolute atomic E-state index is 12.7. The van der Waals surface area contributed by atoms with Crippen LogP contribution in [0.25, 0.3) is 0 Å². The Labute approximate surface area is 204 Å². The molecule has 7 nitrogen and oxygen atoms in total. The normalized spacial score (nSPS) is 28.6. The van der Waals surface area contributed by atoms with E-state index in [1.165, 1.54) is 30.0 Å². The van der Waals surface area contributed by atoms with Crippen molar-refractivity contribution in [3.8, 4) is 5.75 Å². The summed E-state index contributed by atoms with van der Waals surface area (Å²) in [5.74, 6) is 1.30. The van der Waals surface area contributed by atoms with Gasteiger partial charge in [0.2, 0.25) is 0 Å². The zero-order valence-corrected chi connectivity index (χ0v) is 21.8. The maximum atomic E-state index is 12.7. The van der Waals surface area contributed by atoms with Crippen molar-refractivity contribution in [3.63, 3.8) is 0 Å². The molecule has 1 fully saturated rings. The Kier molecular flexibility index (Phi) is 10.6. The van der Waals surface area contributed by atoms with E-state index in [4.69, 9.17) is 0 Å². The Balaban J connectivity index is 2.00. The fraction of sp³-hybridized carbons (Fsp3) is 0.815. The standard InChI is InChI=1S/C27H47NO6/c1-7-15(2)11-17(4)13-18(5)12-16(3)9-8-10-19-22(29)20(14-28(6)27(19)34)21-23(30)25(32)26(33)24(21)31/h14-18,21,23-26,29-33H,7-13H2,1-6H3/t15-,16?,17+,18?,21?,23?,24?,25?,26?/m1/s1. The summed E-state index contributed by atoms with van der Waals surface area (Å²) in [7, 11) is 1.56. The molecule has 0 aliphatic heterocycles. The van der Waals surface area contributed by atoms with E-state index in [0.717, 1.165) is 31.1 Å². The van der Waals surface area contributed by atoms with E-state index < -0.39 is 30.3 Å². The molecule has 1 aromatic rings. The highest BCUT2D eigenvalue weighted by molar-refractivity contribution is 5.42. The van der Waals surface area contributed by atoms with Gasteiger partial charge in [-0.2, -0.15) is 0 Å². The molecule has 6 unspecified atom stereocenters. The highest BCUT2D eigenvalue weighted by Gasteiger charge is 2.50. The van der Waals surface area contributed by atoms with E-state index in [1.54, 1.807) is 7.05 Å². The summed E-state index contributed by atoms with van der Waals surface area (Å²) in [6, 6.07) is 0. The van der Waals surface area contributed by atoms with Gasteiger partial charge in [-0.1, -0.05) is 47.5 Å². The summed E-state index contributed by atoms with van der Waals surface area (Å²) >= 11 is 0. The Morgan fingerprint density at radius 1 is 0.853 bits per heavy atom. The van der Waals surface area contributed by atoms with Crippen LogP contribution in [-0.2, 0) is 13.5 Å². The molecular weight excluding hydrogens is 434 g/mol. The van der Waals surface area contributed by atoms with Gasteiger partial charge < -0.3 is 30.1 Å². The first-order chi connectivity index (χ1) is 15.9. The SMILES string of the molecule is CC[C@@H](C)C[C@H](C)CC(C)CC(C)CCCc1c(O)c(C2C(O)C(O)C(O)C2O)cn(C)c1=O. The molecule has 1 saturated carbocycles. The fourth-order valence-electron chi connectivity index (χ4n) is 5.85. The van der Waals surface area contributed by atoms with Gasteiger partial charge in [0.15, 0.2) is 0 Å². The topological polar surface area (TPSA) is 123 Å². The quantitative estimate of drug-likeness (QED) is 0.313. The van der Waals surface area contributed by atoms with Crippen molar-refractivity contribution in [2.24, 2.45) is 30.7 Å². The first kappa shape index (κ1) is 28.8. The number of hydrogen-bond donors (Lipinski definition) is 5. The van der Waals surface area contributed by atoms with Crippen molar-refractivity contribution in [3.05, 3.63) is 27.7 Å². The lowest BCUT2D eigenvalue weighted by atomic mass is 9.84. The number of aliphatic hydroxyl groups is 4. The Morgan fingerprint density at radius 2 is 1.35 bits per heavy atom. The predicted molar refractivity (Wildman–Crippen MR) is 134 cm³/mol. The zero-order valence-electron chi connectivity index (χ0n) is 21.8. The Hall–Kier alpha value is -1.41. The molecule has 1 heterocycles. The summed E-state index contributed by atoms with van der Waals surface area (Å²) in [6.45, 7) is 11.5. The minimum absolute atomic E-state index is 0.171. The fourth-order valence-corrected chi connectivity index (χ4v) is 5.85. The van der Waals surface area contributed by atoms with E-state index in [0.29, 0.717) is 18.3 Å². The largest absolute Gasteiger partial charge is 0.507 e. The van der Waals surface area contributed by atoms with Gasteiger partial charge in [0.05, 0.1) is 17.8 Å². The molecule has 1 aliphatic rings. The number of hydrogen-bond acceptors (Lipinski definition) is 6. The number of rotatable bonds is 12. The first-order valence-electron chi connectivity index (χ1n) is 13.0. The number of aryl methyl sites for hydroxylation is 1. The van der Waals surface area contributed by atoms with Gasteiger partial charge in [0.25, 0.3) is 5.56 Å². The van der Waals surface area contributed by atoms with E-state index >= 15 is 0 Å². The molecule has 0 saturated heterocycles. The van der Waals surface area contributed by atoms with Crippen LogP contribution in [0, 0.1) is 23.7 Å². The number of aromatic hydroxyl groups is 1. The van der Waals surface area contributed by atoms with Crippen LogP contribution in [0.2, 0.25) is 0 Å². The third kappa shape index (κ3) is 6.84. The highest BCUT2D eigenvalue weighted by atomic mass is 16.4. The van der Waals surface area contributed by atoms with Crippen LogP contribution in [0.5, 0.6) is 5.75 Å². The molecule has 0 amide bonds. The average molecular weight is 482 g/mol. The second-order valence-corrected chi connectivity index (χ2v) is 11.2. The van der Waals surface area contributed by atoms with E-state index in [-0.39, 0.29) is 22.4 Å². The van der Waals surface area contributed by atoms with Gasteiger partial charge in [0.1, 0.15) is 18.0 Å². The number of aromatic nitrogens is 1. The summed E-state index contributed by atoms with van der Waals surface area (Å²) < 4.78 is 1.32. The molecule has 5 N–H and O–H groups in total. The molecule has 196 valence electrons. The summed E-state index contributed by atoms with van der Waals surface area (Å²) in [6.07, 6.45) is 2.37. The van der Waals surface area contributed by atoms with Gasteiger partial charge in [-0.15, -0.1) is 0 Å². The lowest BCUT2D eigenvalue weighted by Crippen LogP contribution is -2.32. The number of pyridine rings is 1.